The monoisotopic (exact) mass is 467 g/mol. The first kappa shape index (κ1) is 23.7. The largest absolute Gasteiger partial charge is 0.494 e. The predicted molar refractivity (Wildman–Crippen MR) is 128 cm³/mol. The molecule has 1 amide bonds. The molecule has 0 atom stereocenters. The highest BCUT2D eigenvalue weighted by atomic mass is 19.1. The van der Waals surface area contributed by atoms with Gasteiger partial charge in [0, 0.05) is 24.5 Å². The van der Waals surface area contributed by atoms with Crippen LogP contribution >= 0.6 is 0 Å². The van der Waals surface area contributed by atoms with Crippen molar-refractivity contribution < 1.29 is 18.7 Å². The molecule has 0 unspecified atom stereocenters. The molecular weight excluding hydrogens is 437 g/mol. The number of rotatable bonds is 4. The van der Waals surface area contributed by atoms with Gasteiger partial charge in [-0.2, -0.15) is 10.2 Å². The Morgan fingerprint density at radius 2 is 1.97 bits per heavy atom. The van der Waals surface area contributed by atoms with Gasteiger partial charge in [-0.1, -0.05) is 6.08 Å². The molecule has 0 fully saturated rings. The topological polar surface area (TPSA) is 82.4 Å². The van der Waals surface area contributed by atoms with E-state index in [0.29, 0.717) is 48.8 Å². The van der Waals surface area contributed by atoms with E-state index in [4.69, 9.17) is 14.6 Å². The van der Waals surface area contributed by atoms with E-state index in [1.165, 1.54) is 6.07 Å². The summed E-state index contributed by atoms with van der Waals surface area (Å²) in [6.07, 6.45) is 2.21. The van der Waals surface area contributed by atoms with E-state index in [1.807, 2.05) is 47.6 Å². The lowest BCUT2D eigenvalue weighted by Gasteiger charge is -2.29. The molecule has 0 saturated carbocycles. The molecule has 3 aromatic rings. The zero-order valence-electron chi connectivity index (χ0n) is 20.5. The van der Waals surface area contributed by atoms with Crippen LogP contribution in [0.5, 0.6) is 5.75 Å². The molecule has 3 heterocycles. The zero-order valence-corrected chi connectivity index (χ0v) is 20.5. The van der Waals surface area contributed by atoms with Crippen LogP contribution in [0.2, 0.25) is 0 Å². The van der Waals surface area contributed by atoms with Crippen molar-refractivity contribution in [2.45, 2.75) is 53.6 Å². The number of carbonyl (C=O) groups is 1. The minimum Gasteiger partial charge on any atom is -0.494 e. The van der Waals surface area contributed by atoms with Gasteiger partial charge in [0.2, 0.25) is 0 Å². The Labute approximate surface area is 198 Å². The molecule has 0 spiro atoms. The summed E-state index contributed by atoms with van der Waals surface area (Å²) in [5.74, 6) is 0.0482. The number of fused-ring (bicyclic) bond motifs is 1. The number of carbonyl (C=O) groups excluding carboxylic acids is 1. The zero-order chi connectivity index (χ0) is 24.6. The van der Waals surface area contributed by atoms with E-state index in [9.17, 15) is 9.18 Å². The number of amides is 1. The molecule has 2 aromatic heterocycles. The maximum Gasteiger partial charge on any atom is 0.410 e. The van der Waals surface area contributed by atoms with Crippen molar-refractivity contribution >= 4 is 22.6 Å². The highest BCUT2D eigenvalue weighted by Gasteiger charge is 2.26. The van der Waals surface area contributed by atoms with Crippen LogP contribution in [0, 0.1) is 19.7 Å². The maximum absolute atomic E-state index is 14.9. The first-order chi connectivity index (χ1) is 16.1. The molecule has 180 valence electrons. The Kier molecular flexibility index (Phi) is 6.29. The Balaban J connectivity index is 1.70. The first-order valence-electron chi connectivity index (χ1n) is 11.4. The van der Waals surface area contributed by atoms with E-state index in [1.54, 1.807) is 21.7 Å². The van der Waals surface area contributed by atoms with Crippen molar-refractivity contribution in [2.24, 2.45) is 0 Å². The summed E-state index contributed by atoms with van der Waals surface area (Å²) in [5.41, 5.74) is 3.55. The lowest BCUT2D eigenvalue weighted by atomic mass is 10.0. The van der Waals surface area contributed by atoms with Crippen LogP contribution in [0.25, 0.3) is 22.2 Å². The highest BCUT2D eigenvalue weighted by molar-refractivity contribution is 5.92. The van der Waals surface area contributed by atoms with E-state index >= 15 is 0 Å². The SMILES string of the molecule is CCOc1ccc(-n2nc3c(C4=CCN(C(=O)OC(C)(C)C)CC4)nnc(C)c3c2C)c(F)c1. The summed E-state index contributed by atoms with van der Waals surface area (Å²) < 4.78 is 27.4. The maximum atomic E-state index is 14.9. The number of ether oxygens (including phenoxy) is 2. The van der Waals surface area contributed by atoms with Crippen molar-refractivity contribution in [1.29, 1.82) is 0 Å². The molecular formula is C25H30FN5O3. The fourth-order valence-electron chi connectivity index (χ4n) is 4.07. The molecule has 1 aliphatic rings. The van der Waals surface area contributed by atoms with Crippen LogP contribution in [0.4, 0.5) is 9.18 Å². The summed E-state index contributed by atoms with van der Waals surface area (Å²) in [5, 5.41) is 14.4. The molecule has 0 radical (unpaired) electrons. The van der Waals surface area contributed by atoms with Gasteiger partial charge in [-0.05, 0) is 65.7 Å². The summed E-state index contributed by atoms with van der Waals surface area (Å²) in [7, 11) is 0. The molecule has 0 N–H and O–H groups in total. The molecule has 0 bridgehead atoms. The quantitative estimate of drug-likeness (QED) is 0.537. The van der Waals surface area contributed by atoms with Gasteiger partial charge in [0.05, 0.1) is 18.0 Å². The number of aryl methyl sites for hydroxylation is 2. The number of hydrogen-bond donors (Lipinski definition) is 0. The van der Waals surface area contributed by atoms with Gasteiger partial charge in [-0.15, -0.1) is 5.10 Å². The van der Waals surface area contributed by atoms with Crippen molar-refractivity contribution in [1.82, 2.24) is 24.9 Å². The van der Waals surface area contributed by atoms with Crippen molar-refractivity contribution in [3.63, 3.8) is 0 Å². The summed E-state index contributed by atoms with van der Waals surface area (Å²) >= 11 is 0. The molecule has 9 heteroatoms. The second-order valence-corrected chi connectivity index (χ2v) is 9.31. The Hall–Kier alpha value is -3.49. The van der Waals surface area contributed by atoms with Crippen LogP contribution in [0.1, 0.15) is 51.2 Å². The molecule has 4 rings (SSSR count). The highest BCUT2D eigenvalue weighted by Crippen LogP contribution is 2.32. The number of hydrogen-bond acceptors (Lipinski definition) is 6. The summed E-state index contributed by atoms with van der Waals surface area (Å²) in [6, 6.07) is 4.75. The molecule has 0 saturated heterocycles. The van der Waals surface area contributed by atoms with Gasteiger partial charge in [0.1, 0.15) is 28.2 Å². The molecule has 8 nitrogen and oxygen atoms in total. The molecule has 0 aliphatic carbocycles. The third-order valence-electron chi connectivity index (χ3n) is 5.63. The Morgan fingerprint density at radius 3 is 2.59 bits per heavy atom. The molecule has 1 aromatic carbocycles. The van der Waals surface area contributed by atoms with E-state index in [-0.39, 0.29) is 6.09 Å². The average molecular weight is 468 g/mol. The number of halogens is 1. The summed E-state index contributed by atoms with van der Waals surface area (Å²) in [6.45, 7) is 12.5. The molecule has 34 heavy (non-hydrogen) atoms. The predicted octanol–water partition coefficient (Wildman–Crippen LogP) is 4.99. The number of aromatic nitrogens is 4. The van der Waals surface area contributed by atoms with Gasteiger partial charge in [-0.25, -0.2) is 13.9 Å². The fraction of sp³-hybridized carbons (Fsp3) is 0.440. The average Bonchev–Trinajstić information content (AvgIpc) is 3.11. The van der Waals surface area contributed by atoms with Crippen LogP contribution in [0.15, 0.2) is 24.3 Å². The van der Waals surface area contributed by atoms with Crippen LogP contribution in [0.3, 0.4) is 0 Å². The second kappa shape index (κ2) is 9.04. The van der Waals surface area contributed by atoms with Gasteiger partial charge < -0.3 is 14.4 Å². The minimum atomic E-state index is -0.545. The van der Waals surface area contributed by atoms with Gasteiger partial charge >= 0.3 is 6.09 Å². The molecule has 1 aliphatic heterocycles. The standard InChI is InChI=1S/C25H30FN5O3/c1-7-33-18-8-9-20(19(26)14-18)31-16(3)21-15(2)27-28-22(23(21)29-31)17-10-12-30(13-11-17)24(32)34-25(4,5)6/h8-10,14H,7,11-13H2,1-6H3. The second-order valence-electron chi connectivity index (χ2n) is 9.31. The lowest BCUT2D eigenvalue weighted by Crippen LogP contribution is -2.39. The van der Waals surface area contributed by atoms with Gasteiger partial charge in [0.25, 0.3) is 0 Å². The van der Waals surface area contributed by atoms with Crippen LogP contribution < -0.4 is 4.74 Å². The Bertz CT molecular complexity index is 1280. The first-order valence-corrected chi connectivity index (χ1v) is 11.4. The van der Waals surface area contributed by atoms with Gasteiger partial charge in [0.15, 0.2) is 5.82 Å². The summed E-state index contributed by atoms with van der Waals surface area (Å²) in [4.78, 5) is 14.1. The third-order valence-corrected chi connectivity index (χ3v) is 5.63. The van der Waals surface area contributed by atoms with E-state index in [2.05, 4.69) is 10.2 Å². The fourth-order valence-corrected chi connectivity index (χ4v) is 4.07. The number of benzene rings is 1. The smallest absolute Gasteiger partial charge is 0.410 e. The minimum absolute atomic E-state index is 0.330. The third kappa shape index (κ3) is 4.60. The van der Waals surface area contributed by atoms with Crippen molar-refractivity contribution in [3.8, 4) is 11.4 Å². The van der Waals surface area contributed by atoms with Crippen molar-refractivity contribution in [3.05, 3.63) is 47.2 Å². The van der Waals surface area contributed by atoms with Crippen LogP contribution in [-0.4, -0.2) is 56.3 Å². The number of nitrogens with zero attached hydrogens (tertiary/aromatic N) is 5. The lowest BCUT2D eigenvalue weighted by molar-refractivity contribution is 0.0270. The van der Waals surface area contributed by atoms with Crippen LogP contribution in [-0.2, 0) is 4.74 Å². The van der Waals surface area contributed by atoms with Crippen molar-refractivity contribution in [2.75, 3.05) is 19.7 Å². The van der Waals surface area contributed by atoms with E-state index < -0.39 is 11.4 Å². The normalized spacial score (nSPS) is 14.3. The van der Waals surface area contributed by atoms with Gasteiger partial charge in [-0.3, -0.25) is 0 Å². The Morgan fingerprint density at radius 1 is 1.21 bits per heavy atom. The van der Waals surface area contributed by atoms with E-state index in [0.717, 1.165) is 22.3 Å².